The van der Waals surface area contributed by atoms with Crippen LogP contribution in [0.2, 0.25) is 0 Å². The molecule has 0 unspecified atom stereocenters. The Morgan fingerprint density at radius 2 is 1.82 bits per heavy atom. The second-order valence-corrected chi connectivity index (χ2v) is 2.85. The van der Waals surface area contributed by atoms with Crippen molar-refractivity contribution < 1.29 is 14.4 Å². The van der Waals surface area contributed by atoms with E-state index in [2.05, 4.69) is 10.3 Å². The predicted molar refractivity (Wildman–Crippen MR) is 66.0 cm³/mol. The van der Waals surface area contributed by atoms with Gasteiger partial charge in [-0.05, 0) is 12.1 Å². The van der Waals surface area contributed by atoms with Crippen molar-refractivity contribution in [1.82, 2.24) is 9.88 Å². The van der Waals surface area contributed by atoms with E-state index in [9.17, 15) is 4.79 Å². The van der Waals surface area contributed by atoms with Crippen molar-refractivity contribution in [2.45, 2.75) is 0 Å². The van der Waals surface area contributed by atoms with Gasteiger partial charge in [0.15, 0.2) is 0 Å². The number of nitrogens with zero attached hydrogens (tertiary/aromatic N) is 2. The molecule has 0 saturated carbocycles. The Labute approximate surface area is 101 Å². The highest BCUT2D eigenvalue weighted by molar-refractivity contribution is 5.98. The Balaban J connectivity index is 0. The molecule has 17 heavy (non-hydrogen) atoms. The zero-order valence-electron chi connectivity index (χ0n) is 10.3. The molecule has 0 saturated heterocycles. The summed E-state index contributed by atoms with van der Waals surface area (Å²) in [6, 6.07) is 3.50. The number of hydrogen-bond donors (Lipinski definition) is 1. The first-order valence-electron chi connectivity index (χ1n) is 4.59. The third-order valence-corrected chi connectivity index (χ3v) is 1.68. The van der Waals surface area contributed by atoms with E-state index in [0.717, 1.165) is 0 Å². The molecule has 0 aliphatic rings. The summed E-state index contributed by atoms with van der Waals surface area (Å²) in [5.41, 5.74) is 0.593. The second-order valence-electron chi connectivity index (χ2n) is 2.85. The molecule has 0 aliphatic heterocycles. The largest absolute Gasteiger partial charge is 0.372 e. The van der Waals surface area contributed by atoms with Crippen LogP contribution in [0.25, 0.3) is 0 Å². The number of pyridine rings is 1. The first-order valence-corrected chi connectivity index (χ1v) is 4.59. The lowest BCUT2D eigenvalue weighted by Gasteiger charge is -2.12. The summed E-state index contributed by atoms with van der Waals surface area (Å²) in [5, 5.41) is 2.87. The van der Waals surface area contributed by atoms with Gasteiger partial charge in [0.25, 0.3) is 5.91 Å². The topological polar surface area (TPSA) is 79.4 Å². The molecular formula is C11H17N3O3. The molecule has 0 aliphatic carbocycles. The molecule has 0 fully saturated rings. The molecule has 0 atom stereocenters. The summed E-state index contributed by atoms with van der Waals surface area (Å²) < 4.78 is 0. The number of rotatable bonds is 2. The van der Waals surface area contributed by atoms with Crippen molar-refractivity contribution in [3.05, 3.63) is 23.9 Å². The van der Waals surface area contributed by atoms with Crippen molar-refractivity contribution in [2.24, 2.45) is 0 Å². The van der Waals surface area contributed by atoms with Gasteiger partial charge in [-0.1, -0.05) is 0 Å². The van der Waals surface area contributed by atoms with Crippen LogP contribution in [0.5, 0.6) is 0 Å². The lowest BCUT2D eigenvalue weighted by atomic mass is 10.2. The highest BCUT2D eigenvalue weighted by Gasteiger charge is 2.12. The smallest absolute Gasteiger partial charge is 0.257 e. The number of carbonyl (C=O) groups is 3. The van der Waals surface area contributed by atoms with Gasteiger partial charge in [0.05, 0.1) is 5.56 Å². The Morgan fingerprint density at radius 3 is 2.24 bits per heavy atom. The minimum absolute atomic E-state index is 0.0440. The summed E-state index contributed by atoms with van der Waals surface area (Å²) in [6.45, 7) is 4.00. The van der Waals surface area contributed by atoms with Crippen molar-refractivity contribution in [2.75, 3.05) is 26.5 Å². The minimum atomic E-state index is -0.0440. The van der Waals surface area contributed by atoms with Gasteiger partial charge in [0, 0.05) is 27.3 Å². The lowest BCUT2D eigenvalue weighted by molar-refractivity contribution is -0.0987. The normalized spacial score (nSPS) is 7.71. The third-order valence-electron chi connectivity index (χ3n) is 1.68. The van der Waals surface area contributed by atoms with E-state index in [1.54, 1.807) is 39.5 Å². The Bertz CT molecular complexity index is 340. The third kappa shape index (κ3) is 5.41. The van der Waals surface area contributed by atoms with E-state index >= 15 is 0 Å². The van der Waals surface area contributed by atoms with Crippen LogP contribution in [-0.2, 0) is 9.59 Å². The van der Waals surface area contributed by atoms with Crippen molar-refractivity contribution in [3.8, 4) is 0 Å². The van der Waals surface area contributed by atoms with Gasteiger partial charge in [-0.25, -0.2) is 4.98 Å². The van der Waals surface area contributed by atoms with Crippen LogP contribution < -0.4 is 5.32 Å². The predicted octanol–water partition coefficient (Wildman–Crippen LogP) is 0.455. The van der Waals surface area contributed by atoms with Crippen LogP contribution in [0.15, 0.2) is 18.3 Å². The Morgan fingerprint density at radius 1 is 1.29 bits per heavy atom. The zero-order valence-corrected chi connectivity index (χ0v) is 10.3. The quantitative estimate of drug-likeness (QED) is 0.810. The SMILES string of the molecule is C=O.C=O.CNc1ncccc1C(=O)N(C)C. The van der Waals surface area contributed by atoms with Crippen molar-refractivity contribution >= 4 is 25.3 Å². The van der Waals surface area contributed by atoms with Crippen LogP contribution in [0, 0.1) is 0 Å². The van der Waals surface area contributed by atoms with Crippen LogP contribution in [0.4, 0.5) is 5.82 Å². The van der Waals surface area contributed by atoms with Gasteiger partial charge in [0.1, 0.15) is 19.4 Å². The average Bonchev–Trinajstić information content (AvgIpc) is 2.42. The molecule has 1 N–H and O–H groups in total. The molecule has 94 valence electrons. The molecule has 1 rings (SSSR count). The molecule has 1 aromatic heterocycles. The molecule has 1 amide bonds. The fourth-order valence-corrected chi connectivity index (χ4v) is 1.02. The van der Waals surface area contributed by atoms with E-state index < -0.39 is 0 Å². The standard InChI is InChI=1S/C9H13N3O.2CH2O/c1-10-8-7(5-4-6-11-8)9(13)12(2)3;2*1-2/h4-6H,1-3H3,(H,10,11);2*1H2. The molecule has 1 heterocycles. The van der Waals surface area contributed by atoms with Crippen molar-refractivity contribution in [1.29, 1.82) is 0 Å². The van der Waals surface area contributed by atoms with E-state index in [-0.39, 0.29) is 5.91 Å². The molecule has 0 aromatic carbocycles. The first-order chi connectivity index (χ1) is 8.16. The number of hydrogen-bond acceptors (Lipinski definition) is 5. The van der Waals surface area contributed by atoms with E-state index in [4.69, 9.17) is 9.59 Å². The minimum Gasteiger partial charge on any atom is -0.372 e. The molecule has 0 spiro atoms. The maximum absolute atomic E-state index is 11.6. The lowest BCUT2D eigenvalue weighted by Crippen LogP contribution is -2.22. The summed E-state index contributed by atoms with van der Waals surface area (Å²) in [7, 11) is 5.18. The van der Waals surface area contributed by atoms with Gasteiger partial charge in [-0.15, -0.1) is 0 Å². The van der Waals surface area contributed by atoms with Crippen LogP contribution in [0.3, 0.4) is 0 Å². The molecule has 0 bridgehead atoms. The Kier molecular flexibility index (Phi) is 10.4. The summed E-state index contributed by atoms with van der Waals surface area (Å²) in [6.07, 6.45) is 1.65. The number of anilines is 1. The maximum Gasteiger partial charge on any atom is 0.257 e. The molecule has 6 nitrogen and oxygen atoms in total. The van der Waals surface area contributed by atoms with Gasteiger partial charge >= 0.3 is 0 Å². The first kappa shape index (κ1) is 17.2. The molecule has 0 radical (unpaired) electrons. The second kappa shape index (κ2) is 10.3. The number of nitrogens with one attached hydrogen (secondary N) is 1. The highest BCUT2D eigenvalue weighted by Crippen LogP contribution is 2.11. The highest BCUT2D eigenvalue weighted by atomic mass is 16.2. The maximum atomic E-state index is 11.6. The molecule has 1 aromatic rings. The van der Waals surface area contributed by atoms with E-state index in [1.807, 2.05) is 13.6 Å². The van der Waals surface area contributed by atoms with E-state index in [0.29, 0.717) is 11.4 Å². The van der Waals surface area contributed by atoms with Gasteiger partial charge in [-0.3, -0.25) is 4.79 Å². The monoisotopic (exact) mass is 239 g/mol. The van der Waals surface area contributed by atoms with Crippen LogP contribution >= 0.6 is 0 Å². The summed E-state index contributed by atoms with van der Waals surface area (Å²) >= 11 is 0. The fraction of sp³-hybridized carbons (Fsp3) is 0.273. The van der Waals surface area contributed by atoms with Crippen LogP contribution in [0.1, 0.15) is 10.4 Å². The van der Waals surface area contributed by atoms with Gasteiger partial charge in [0.2, 0.25) is 0 Å². The molecular weight excluding hydrogens is 222 g/mol. The van der Waals surface area contributed by atoms with Gasteiger partial charge in [-0.2, -0.15) is 0 Å². The zero-order chi connectivity index (χ0) is 13.8. The van der Waals surface area contributed by atoms with E-state index in [1.165, 1.54) is 4.90 Å². The number of aromatic nitrogens is 1. The summed E-state index contributed by atoms with van der Waals surface area (Å²) in [5.74, 6) is 0.568. The number of amides is 1. The Hall–Kier alpha value is -2.24. The number of carbonyl (C=O) groups excluding carboxylic acids is 3. The van der Waals surface area contributed by atoms with Crippen LogP contribution in [-0.4, -0.2) is 50.5 Å². The summed E-state index contributed by atoms with van der Waals surface area (Å²) in [4.78, 5) is 33.1. The average molecular weight is 239 g/mol. The fourth-order valence-electron chi connectivity index (χ4n) is 1.02. The van der Waals surface area contributed by atoms with Crippen molar-refractivity contribution in [3.63, 3.8) is 0 Å². The van der Waals surface area contributed by atoms with Gasteiger partial charge < -0.3 is 19.8 Å². The molecule has 6 heteroatoms.